The van der Waals surface area contributed by atoms with Gasteiger partial charge in [0.25, 0.3) is 10.0 Å². The average Bonchev–Trinajstić information content (AvgIpc) is 3.51. The summed E-state index contributed by atoms with van der Waals surface area (Å²) in [5.74, 6) is 0.0828. The summed E-state index contributed by atoms with van der Waals surface area (Å²) in [5, 5.41) is 1.17. The van der Waals surface area contributed by atoms with Crippen LogP contribution in [0.1, 0.15) is 35.4 Å². The molecule has 0 unspecified atom stereocenters. The standard InChI is InChI=1S/C25H24N2O3S/c1-17-7-9-19(10-8-17)31(28,29)27(2)24-12-11-21(25(24)18-13-14-30-16-18)22-15-26-23-6-4-3-5-20(22)23/h3-10,13-16,21,26H,11-12H2,1-2H3/t21-/m1/s1. The number of allylic oxidation sites excluding steroid dienone is 2. The van der Waals surface area contributed by atoms with Crippen molar-refractivity contribution in [3.8, 4) is 0 Å². The summed E-state index contributed by atoms with van der Waals surface area (Å²) in [4.78, 5) is 3.66. The van der Waals surface area contributed by atoms with Gasteiger partial charge in [-0.25, -0.2) is 8.42 Å². The van der Waals surface area contributed by atoms with E-state index in [0.717, 1.165) is 34.3 Å². The van der Waals surface area contributed by atoms with E-state index >= 15 is 0 Å². The summed E-state index contributed by atoms with van der Waals surface area (Å²) in [6.45, 7) is 1.95. The molecule has 0 bridgehead atoms. The van der Waals surface area contributed by atoms with Gasteiger partial charge in [-0.05, 0) is 55.2 Å². The number of hydrogen-bond acceptors (Lipinski definition) is 3. The highest BCUT2D eigenvalue weighted by atomic mass is 32.2. The van der Waals surface area contributed by atoms with Gasteiger partial charge in [0.2, 0.25) is 0 Å². The summed E-state index contributed by atoms with van der Waals surface area (Å²) in [5.41, 5.74) is 6.05. The van der Waals surface area contributed by atoms with Gasteiger partial charge in [-0.2, -0.15) is 0 Å². The first-order valence-electron chi connectivity index (χ1n) is 10.3. The zero-order chi connectivity index (χ0) is 21.6. The maximum absolute atomic E-state index is 13.4. The van der Waals surface area contributed by atoms with Crippen LogP contribution in [0.5, 0.6) is 0 Å². The number of sulfonamides is 1. The van der Waals surface area contributed by atoms with Crippen LogP contribution in [0, 0.1) is 6.92 Å². The van der Waals surface area contributed by atoms with Crippen LogP contribution in [0.15, 0.2) is 88.3 Å². The minimum absolute atomic E-state index is 0.0828. The quantitative estimate of drug-likeness (QED) is 0.441. The van der Waals surface area contributed by atoms with Crippen molar-refractivity contribution >= 4 is 26.5 Å². The van der Waals surface area contributed by atoms with Crippen LogP contribution in [0.25, 0.3) is 16.5 Å². The first-order chi connectivity index (χ1) is 15.0. The highest BCUT2D eigenvalue weighted by molar-refractivity contribution is 7.89. The lowest BCUT2D eigenvalue weighted by atomic mass is 9.89. The maximum atomic E-state index is 13.4. The molecule has 0 radical (unpaired) electrons. The summed E-state index contributed by atoms with van der Waals surface area (Å²) >= 11 is 0. The SMILES string of the molecule is Cc1ccc(S(=O)(=O)N(C)C2=C(c3ccoc3)[C@@H](c3c[nH]c4ccccc34)CC2)cc1. The molecule has 1 N–H and O–H groups in total. The molecule has 5 rings (SSSR count). The molecule has 4 aromatic rings. The number of nitrogens with zero attached hydrogens (tertiary/aromatic N) is 1. The number of aromatic nitrogens is 1. The largest absolute Gasteiger partial charge is 0.472 e. The van der Waals surface area contributed by atoms with Crippen LogP contribution < -0.4 is 0 Å². The monoisotopic (exact) mass is 432 g/mol. The molecule has 2 heterocycles. The molecule has 0 fully saturated rings. The van der Waals surface area contributed by atoms with Gasteiger partial charge in [0.1, 0.15) is 0 Å². The van der Waals surface area contributed by atoms with Crippen molar-refractivity contribution in [2.24, 2.45) is 0 Å². The van der Waals surface area contributed by atoms with Gasteiger partial charge >= 0.3 is 0 Å². The summed E-state index contributed by atoms with van der Waals surface area (Å²) < 4.78 is 33.7. The average molecular weight is 433 g/mol. The van der Waals surface area contributed by atoms with Crippen LogP contribution in [0.4, 0.5) is 0 Å². The number of aromatic amines is 1. The van der Waals surface area contributed by atoms with E-state index in [2.05, 4.69) is 17.1 Å². The van der Waals surface area contributed by atoms with Gasteiger partial charge in [0, 0.05) is 41.3 Å². The van der Waals surface area contributed by atoms with Crippen molar-refractivity contribution in [1.29, 1.82) is 0 Å². The zero-order valence-corrected chi connectivity index (χ0v) is 18.3. The van der Waals surface area contributed by atoms with E-state index in [1.807, 2.05) is 43.5 Å². The molecule has 1 aliphatic rings. The Morgan fingerprint density at radius 1 is 1.06 bits per heavy atom. The first-order valence-corrected chi connectivity index (χ1v) is 11.8. The van der Waals surface area contributed by atoms with E-state index < -0.39 is 10.0 Å². The Balaban J connectivity index is 1.64. The number of aryl methyl sites for hydroxylation is 1. The minimum Gasteiger partial charge on any atom is -0.472 e. The third-order valence-corrected chi connectivity index (χ3v) is 8.03. The number of H-pyrrole nitrogens is 1. The van der Waals surface area contributed by atoms with Crippen LogP contribution in [0.3, 0.4) is 0 Å². The fourth-order valence-corrected chi connectivity index (χ4v) is 5.86. The number of nitrogens with one attached hydrogen (secondary N) is 1. The molecular formula is C25H24N2O3S. The van der Waals surface area contributed by atoms with E-state index in [0.29, 0.717) is 11.3 Å². The molecule has 0 saturated heterocycles. The Kier molecular flexibility index (Phi) is 4.74. The molecule has 6 heteroatoms. The van der Waals surface area contributed by atoms with Crippen molar-refractivity contribution in [2.45, 2.75) is 30.6 Å². The van der Waals surface area contributed by atoms with E-state index in [9.17, 15) is 8.42 Å². The second-order valence-electron chi connectivity index (χ2n) is 8.04. The Morgan fingerprint density at radius 2 is 1.84 bits per heavy atom. The molecule has 0 amide bonds. The number of hydrogen-bond donors (Lipinski definition) is 1. The minimum atomic E-state index is -3.66. The normalized spacial score (nSPS) is 16.9. The van der Waals surface area contributed by atoms with Crippen LogP contribution in [0.2, 0.25) is 0 Å². The summed E-state index contributed by atoms with van der Waals surface area (Å²) in [6, 6.07) is 17.1. The van der Waals surface area contributed by atoms with E-state index in [-0.39, 0.29) is 5.92 Å². The molecule has 1 aliphatic carbocycles. The molecule has 1 atom stereocenters. The number of benzene rings is 2. The third-order valence-electron chi connectivity index (χ3n) is 6.22. The van der Waals surface area contributed by atoms with Gasteiger partial charge in [-0.3, -0.25) is 4.31 Å². The van der Waals surface area contributed by atoms with Crippen molar-refractivity contribution in [3.05, 3.63) is 95.7 Å². The molecule has 2 aromatic carbocycles. The fraction of sp³-hybridized carbons (Fsp3) is 0.200. The number of rotatable bonds is 5. The lowest BCUT2D eigenvalue weighted by molar-refractivity contribution is 0.516. The number of fused-ring (bicyclic) bond motifs is 1. The van der Waals surface area contributed by atoms with E-state index in [4.69, 9.17) is 4.42 Å². The second-order valence-corrected chi connectivity index (χ2v) is 10.0. The molecule has 158 valence electrons. The van der Waals surface area contributed by atoms with Gasteiger partial charge in [0.15, 0.2) is 0 Å². The Hall–Kier alpha value is -3.25. The van der Waals surface area contributed by atoms with E-state index in [1.165, 1.54) is 15.3 Å². The zero-order valence-electron chi connectivity index (χ0n) is 17.5. The van der Waals surface area contributed by atoms with Gasteiger partial charge in [0.05, 0.1) is 17.4 Å². The predicted molar refractivity (Wildman–Crippen MR) is 122 cm³/mol. The molecule has 31 heavy (non-hydrogen) atoms. The molecule has 5 nitrogen and oxygen atoms in total. The lowest BCUT2D eigenvalue weighted by Gasteiger charge is -2.23. The lowest BCUT2D eigenvalue weighted by Crippen LogP contribution is -2.26. The third kappa shape index (κ3) is 3.27. The smallest absolute Gasteiger partial charge is 0.263 e. The molecule has 2 aromatic heterocycles. The number of para-hydroxylation sites is 1. The molecule has 0 spiro atoms. The predicted octanol–water partition coefficient (Wildman–Crippen LogP) is 5.68. The van der Waals surface area contributed by atoms with Crippen LogP contribution >= 0.6 is 0 Å². The second kappa shape index (κ2) is 7.46. The van der Waals surface area contributed by atoms with E-state index in [1.54, 1.807) is 31.7 Å². The highest BCUT2D eigenvalue weighted by Crippen LogP contribution is 2.48. The van der Waals surface area contributed by atoms with Crippen molar-refractivity contribution in [1.82, 2.24) is 9.29 Å². The van der Waals surface area contributed by atoms with Crippen molar-refractivity contribution in [2.75, 3.05) is 7.05 Å². The van der Waals surface area contributed by atoms with Crippen molar-refractivity contribution in [3.63, 3.8) is 0 Å². The fourth-order valence-electron chi connectivity index (χ4n) is 4.58. The Labute approximate surface area is 182 Å². The van der Waals surface area contributed by atoms with Crippen LogP contribution in [-0.4, -0.2) is 24.8 Å². The van der Waals surface area contributed by atoms with Gasteiger partial charge in [-0.1, -0.05) is 35.9 Å². The topological polar surface area (TPSA) is 66.3 Å². The highest BCUT2D eigenvalue weighted by Gasteiger charge is 2.35. The van der Waals surface area contributed by atoms with Crippen LogP contribution in [-0.2, 0) is 10.0 Å². The summed E-state index contributed by atoms with van der Waals surface area (Å²) in [6.07, 6.45) is 6.90. The molecular weight excluding hydrogens is 408 g/mol. The maximum Gasteiger partial charge on any atom is 0.263 e. The Bertz CT molecular complexity index is 1360. The molecule has 0 aliphatic heterocycles. The first kappa shape index (κ1) is 19.7. The Morgan fingerprint density at radius 3 is 2.58 bits per heavy atom. The van der Waals surface area contributed by atoms with Crippen molar-refractivity contribution < 1.29 is 12.8 Å². The summed E-state index contributed by atoms with van der Waals surface area (Å²) in [7, 11) is -2.01. The van der Waals surface area contributed by atoms with Gasteiger partial charge < -0.3 is 9.40 Å². The molecule has 0 saturated carbocycles. The van der Waals surface area contributed by atoms with Gasteiger partial charge in [-0.15, -0.1) is 0 Å². The number of furan rings is 1.